The molecule has 2 nitrogen and oxygen atoms in total. The normalized spacial score (nSPS) is 34.9. The van der Waals surface area contributed by atoms with Gasteiger partial charge in [0.15, 0.2) is 0 Å². The summed E-state index contributed by atoms with van der Waals surface area (Å²) in [6, 6.07) is 0. The van der Waals surface area contributed by atoms with E-state index in [0.717, 1.165) is 6.42 Å². The molecule has 0 radical (unpaired) electrons. The molecule has 0 amide bonds. The van der Waals surface area contributed by atoms with Crippen molar-refractivity contribution < 1.29 is 10.2 Å². The van der Waals surface area contributed by atoms with E-state index in [0.29, 0.717) is 6.42 Å². The molecule has 2 N–H and O–H groups in total. The van der Waals surface area contributed by atoms with Crippen LogP contribution in [0, 0.1) is 5.92 Å². The van der Waals surface area contributed by atoms with Crippen LogP contribution in [0.5, 0.6) is 0 Å². The highest BCUT2D eigenvalue weighted by Gasteiger charge is 2.29. The molecule has 0 saturated heterocycles. The van der Waals surface area contributed by atoms with Crippen LogP contribution in [0.3, 0.4) is 0 Å². The molecule has 13 heavy (non-hydrogen) atoms. The monoisotopic (exact) mass is 182 g/mol. The third kappa shape index (κ3) is 2.68. The van der Waals surface area contributed by atoms with Crippen molar-refractivity contribution in [3.05, 3.63) is 24.3 Å². The minimum atomic E-state index is -0.801. The van der Waals surface area contributed by atoms with Crippen molar-refractivity contribution in [1.82, 2.24) is 0 Å². The Morgan fingerprint density at radius 3 is 2.69 bits per heavy atom. The van der Waals surface area contributed by atoms with Gasteiger partial charge >= 0.3 is 0 Å². The maximum absolute atomic E-state index is 9.93. The topological polar surface area (TPSA) is 40.5 Å². The molecule has 0 fully saturated rings. The quantitative estimate of drug-likeness (QED) is 0.696. The van der Waals surface area contributed by atoms with E-state index in [-0.39, 0.29) is 12.0 Å². The molecule has 0 aromatic carbocycles. The Labute approximate surface area is 79.6 Å². The summed E-state index contributed by atoms with van der Waals surface area (Å²) < 4.78 is 0. The molecule has 2 heteroatoms. The number of rotatable bonds is 3. The van der Waals surface area contributed by atoms with Gasteiger partial charge < -0.3 is 10.2 Å². The zero-order valence-electron chi connectivity index (χ0n) is 8.27. The summed E-state index contributed by atoms with van der Waals surface area (Å²) in [7, 11) is 0. The van der Waals surface area contributed by atoms with E-state index < -0.39 is 5.60 Å². The minimum Gasteiger partial charge on any atom is -0.393 e. The number of aliphatic hydroxyl groups excluding tert-OH is 1. The van der Waals surface area contributed by atoms with E-state index in [1.165, 1.54) is 0 Å². The van der Waals surface area contributed by atoms with Crippen molar-refractivity contribution in [2.24, 2.45) is 5.92 Å². The third-order valence-corrected chi connectivity index (χ3v) is 2.64. The average molecular weight is 182 g/mol. The van der Waals surface area contributed by atoms with Gasteiger partial charge in [-0.2, -0.15) is 0 Å². The highest BCUT2D eigenvalue weighted by Crippen LogP contribution is 2.28. The van der Waals surface area contributed by atoms with Gasteiger partial charge in [-0.15, -0.1) is 0 Å². The van der Waals surface area contributed by atoms with Gasteiger partial charge in [0.05, 0.1) is 11.7 Å². The van der Waals surface area contributed by atoms with E-state index in [1.807, 2.05) is 25.2 Å². The first-order valence-electron chi connectivity index (χ1n) is 4.82. The Balaban J connectivity index is 2.59. The first-order chi connectivity index (χ1) is 6.06. The van der Waals surface area contributed by atoms with Gasteiger partial charge in [0.1, 0.15) is 0 Å². The lowest BCUT2D eigenvalue weighted by Crippen LogP contribution is -2.34. The summed E-state index contributed by atoms with van der Waals surface area (Å²) in [6.45, 7) is 3.72. The Kier molecular flexibility index (Phi) is 3.28. The van der Waals surface area contributed by atoms with Crippen LogP contribution in [0.15, 0.2) is 24.3 Å². The molecule has 0 heterocycles. The molecular weight excluding hydrogens is 164 g/mol. The minimum absolute atomic E-state index is 0.0347. The fourth-order valence-corrected chi connectivity index (χ4v) is 1.54. The van der Waals surface area contributed by atoms with Crippen molar-refractivity contribution in [2.75, 3.05) is 0 Å². The zero-order valence-corrected chi connectivity index (χ0v) is 8.27. The van der Waals surface area contributed by atoms with Crippen LogP contribution in [-0.2, 0) is 0 Å². The van der Waals surface area contributed by atoms with Gasteiger partial charge in [-0.05, 0) is 19.8 Å². The van der Waals surface area contributed by atoms with E-state index in [1.54, 1.807) is 13.0 Å². The van der Waals surface area contributed by atoms with Gasteiger partial charge in [-0.1, -0.05) is 31.2 Å². The molecule has 0 bridgehead atoms. The number of allylic oxidation sites excluding steroid dienone is 2. The second-order valence-electron chi connectivity index (χ2n) is 3.87. The second kappa shape index (κ2) is 4.07. The first-order valence-corrected chi connectivity index (χ1v) is 4.82. The second-order valence-corrected chi connectivity index (χ2v) is 3.87. The van der Waals surface area contributed by atoms with Crippen LogP contribution in [0.4, 0.5) is 0 Å². The van der Waals surface area contributed by atoms with E-state index >= 15 is 0 Å². The summed E-state index contributed by atoms with van der Waals surface area (Å²) in [4.78, 5) is 0. The molecule has 0 spiro atoms. The van der Waals surface area contributed by atoms with Gasteiger partial charge in [-0.3, -0.25) is 0 Å². The van der Waals surface area contributed by atoms with Gasteiger partial charge in [-0.25, -0.2) is 0 Å². The van der Waals surface area contributed by atoms with Crippen LogP contribution in [0.2, 0.25) is 0 Å². The molecule has 1 aliphatic rings. The Morgan fingerprint density at radius 2 is 2.15 bits per heavy atom. The summed E-state index contributed by atoms with van der Waals surface area (Å²) in [5, 5.41) is 19.4. The smallest absolute Gasteiger partial charge is 0.0866 e. The molecule has 74 valence electrons. The lowest BCUT2D eigenvalue weighted by Gasteiger charge is -2.31. The summed E-state index contributed by atoms with van der Waals surface area (Å²) >= 11 is 0. The van der Waals surface area contributed by atoms with E-state index in [2.05, 4.69) is 0 Å². The lowest BCUT2D eigenvalue weighted by molar-refractivity contribution is 0.0348. The maximum Gasteiger partial charge on any atom is 0.0866 e. The predicted molar refractivity (Wildman–Crippen MR) is 53.3 cm³/mol. The van der Waals surface area contributed by atoms with Crippen molar-refractivity contribution in [1.29, 1.82) is 0 Å². The SMILES string of the molecule is CCC(O)CC1C=CC=CC1(C)O. The molecular formula is C11H18O2. The molecule has 3 unspecified atom stereocenters. The molecule has 3 atom stereocenters. The molecule has 1 rings (SSSR count). The van der Waals surface area contributed by atoms with Crippen LogP contribution in [0.25, 0.3) is 0 Å². The lowest BCUT2D eigenvalue weighted by atomic mass is 9.81. The average Bonchev–Trinajstić information content (AvgIpc) is 2.08. The molecule has 0 saturated carbocycles. The van der Waals surface area contributed by atoms with Crippen LogP contribution < -0.4 is 0 Å². The van der Waals surface area contributed by atoms with Crippen LogP contribution in [0.1, 0.15) is 26.7 Å². The first kappa shape index (κ1) is 10.5. The van der Waals surface area contributed by atoms with Gasteiger partial charge in [0.25, 0.3) is 0 Å². The van der Waals surface area contributed by atoms with Crippen LogP contribution >= 0.6 is 0 Å². The molecule has 1 aliphatic carbocycles. The van der Waals surface area contributed by atoms with E-state index in [4.69, 9.17) is 0 Å². The van der Waals surface area contributed by atoms with Crippen LogP contribution in [-0.4, -0.2) is 21.9 Å². The van der Waals surface area contributed by atoms with Gasteiger partial charge in [0, 0.05) is 5.92 Å². The number of aliphatic hydroxyl groups is 2. The highest BCUT2D eigenvalue weighted by molar-refractivity contribution is 5.20. The summed E-state index contributed by atoms with van der Waals surface area (Å²) in [5.41, 5.74) is -0.801. The number of hydrogen-bond acceptors (Lipinski definition) is 2. The highest BCUT2D eigenvalue weighted by atomic mass is 16.3. The Morgan fingerprint density at radius 1 is 1.46 bits per heavy atom. The largest absolute Gasteiger partial charge is 0.393 e. The zero-order chi connectivity index (χ0) is 9.90. The number of hydrogen-bond donors (Lipinski definition) is 2. The summed E-state index contributed by atoms with van der Waals surface area (Å²) in [5.74, 6) is 0.0347. The molecule has 0 aliphatic heterocycles. The van der Waals surface area contributed by atoms with E-state index in [9.17, 15) is 10.2 Å². The van der Waals surface area contributed by atoms with Crippen molar-refractivity contribution in [3.8, 4) is 0 Å². The van der Waals surface area contributed by atoms with Crippen molar-refractivity contribution >= 4 is 0 Å². The maximum atomic E-state index is 9.93. The van der Waals surface area contributed by atoms with Crippen molar-refractivity contribution in [2.45, 2.75) is 38.4 Å². The van der Waals surface area contributed by atoms with Gasteiger partial charge in [0.2, 0.25) is 0 Å². The van der Waals surface area contributed by atoms with Crippen molar-refractivity contribution in [3.63, 3.8) is 0 Å². The Bertz CT molecular complexity index is 216. The third-order valence-electron chi connectivity index (χ3n) is 2.64. The standard InChI is InChI=1S/C11H18O2/c1-3-10(12)8-9-6-4-5-7-11(9,2)13/h4-7,9-10,12-13H,3,8H2,1-2H3. The molecule has 0 aromatic heterocycles. The Hall–Kier alpha value is -0.600. The molecule has 0 aromatic rings. The fraction of sp³-hybridized carbons (Fsp3) is 0.636. The fourth-order valence-electron chi connectivity index (χ4n) is 1.54. The summed E-state index contributed by atoms with van der Waals surface area (Å²) in [6.07, 6.45) is 8.56. The predicted octanol–water partition coefficient (Wildman–Crippen LogP) is 1.64.